The average molecular weight is 412 g/mol. The molecule has 0 aliphatic carbocycles. The lowest BCUT2D eigenvalue weighted by atomic mass is 9.96. The van der Waals surface area contributed by atoms with Gasteiger partial charge in [-0.25, -0.2) is 0 Å². The van der Waals surface area contributed by atoms with Crippen LogP contribution in [0, 0.1) is 13.8 Å². The van der Waals surface area contributed by atoms with E-state index >= 15 is 0 Å². The van der Waals surface area contributed by atoms with Crippen LogP contribution >= 0.6 is 0 Å². The van der Waals surface area contributed by atoms with Crippen LogP contribution in [0.4, 0.5) is 0 Å². The van der Waals surface area contributed by atoms with Crippen molar-refractivity contribution in [2.75, 3.05) is 0 Å². The Morgan fingerprint density at radius 2 is 1.63 bits per heavy atom. The van der Waals surface area contributed by atoms with E-state index in [9.17, 15) is 0 Å². The van der Waals surface area contributed by atoms with Crippen molar-refractivity contribution in [3.8, 4) is 11.3 Å². The van der Waals surface area contributed by atoms with Crippen LogP contribution in [0.1, 0.15) is 25.1 Å². The van der Waals surface area contributed by atoms with Crippen LogP contribution in [0.15, 0.2) is 72.8 Å². The lowest BCUT2D eigenvalue weighted by Crippen LogP contribution is -2.52. The Morgan fingerprint density at radius 3 is 2.33 bits per heavy atom. The first-order chi connectivity index (χ1) is 14.8. The van der Waals surface area contributed by atoms with Gasteiger partial charge in [-0.1, -0.05) is 85.0 Å². The van der Waals surface area contributed by atoms with Crippen molar-refractivity contribution >= 4 is 29.2 Å². The van der Waals surface area contributed by atoms with Gasteiger partial charge in [-0.2, -0.15) is 4.57 Å². The number of aromatic nitrogens is 1. The molecule has 2 heteroatoms. The average Bonchev–Trinajstić information content (AvgIpc) is 2.79. The second kappa shape index (κ2) is 7.85. The van der Waals surface area contributed by atoms with Crippen LogP contribution < -0.4 is 14.9 Å². The highest BCUT2D eigenvalue weighted by Gasteiger charge is 2.27. The van der Waals surface area contributed by atoms with Crippen molar-refractivity contribution in [3.63, 3.8) is 0 Å². The summed E-state index contributed by atoms with van der Waals surface area (Å²) in [5.74, 6) is 0. The number of benzene rings is 3. The van der Waals surface area contributed by atoms with Crippen LogP contribution in [-0.2, 0) is 13.5 Å². The van der Waals surface area contributed by atoms with Crippen molar-refractivity contribution in [1.29, 1.82) is 0 Å². The molecule has 0 aliphatic rings. The largest absolute Gasteiger partial charge is 0.220 e. The molecule has 152 valence electrons. The van der Waals surface area contributed by atoms with Gasteiger partial charge in [0, 0.05) is 18.5 Å². The van der Waals surface area contributed by atoms with Gasteiger partial charge in [0.05, 0.1) is 6.76 Å². The molecule has 0 unspecified atom stereocenters. The summed E-state index contributed by atoms with van der Waals surface area (Å²) in [6.07, 6.45) is 1.02. The molecule has 0 spiro atoms. The van der Waals surface area contributed by atoms with Gasteiger partial charge in [-0.05, 0) is 42.0 Å². The highest BCUT2D eigenvalue weighted by atomic mass is 28.3. The fourth-order valence-electron chi connectivity index (χ4n) is 4.36. The number of rotatable bonds is 4. The first-order valence-corrected chi connectivity index (χ1v) is 13.8. The molecular formula is C28H32NSi+. The normalized spacial score (nSPS) is 12.3. The first-order valence-electron chi connectivity index (χ1n) is 11.3. The third kappa shape index (κ3) is 3.50. The highest BCUT2D eigenvalue weighted by Crippen LogP contribution is 2.29. The van der Waals surface area contributed by atoms with Crippen LogP contribution in [0.2, 0.25) is 13.1 Å². The molecule has 1 aromatic heterocycles. The van der Waals surface area contributed by atoms with Gasteiger partial charge in [0.25, 0.3) is 0 Å². The maximum atomic E-state index is 8.92. The quantitative estimate of drug-likeness (QED) is 0.315. The molecule has 0 atom stereocenters. The van der Waals surface area contributed by atoms with E-state index in [1.807, 2.05) is 0 Å². The van der Waals surface area contributed by atoms with Gasteiger partial charge >= 0.3 is 0 Å². The Hall–Kier alpha value is -2.71. The number of nitrogens with zero attached hydrogens (tertiary/aromatic N) is 1. The minimum atomic E-state index is -1.84. The molecule has 0 fully saturated rings. The summed E-state index contributed by atoms with van der Waals surface area (Å²) in [5, 5.41) is 5.01. The molecule has 0 bridgehead atoms. The standard InChI is InChI=1S/C28H32NSi/c1-7-22-14-13-20(2)27(18-22)28-26-16-15-25(19-23(26)17-21(3)29(28)4)30(5,6)24-11-9-8-10-12-24/h8-19H,7H2,1-6H3/q+1/i17D. The third-order valence-corrected chi connectivity index (χ3v) is 10.1. The number of hydrogen-bond donors (Lipinski definition) is 0. The Kier molecular flexibility index (Phi) is 5.04. The molecule has 0 aliphatic heterocycles. The summed E-state index contributed by atoms with van der Waals surface area (Å²) in [7, 11) is 0.255. The van der Waals surface area contributed by atoms with Crippen molar-refractivity contribution in [2.45, 2.75) is 40.3 Å². The zero-order chi connectivity index (χ0) is 22.3. The minimum absolute atomic E-state index is 0.630. The van der Waals surface area contributed by atoms with Crippen LogP contribution in [0.5, 0.6) is 0 Å². The lowest BCUT2D eigenvalue weighted by molar-refractivity contribution is -0.665. The van der Waals surface area contributed by atoms with Crippen molar-refractivity contribution in [2.24, 2.45) is 7.05 Å². The van der Waals surface area contributed by atoms with Gasteiger partial charge < -0.3 is 0 Å². The fourth-order valence-corrected chi connectivity index (χ4v) is 6.73. The van der Waals surface area contributed by atoms with Gasteiger partial charge in [0.2, 0.25) is 5.69 Å². The van der Waals surface area contributed by atoms with E-state index in [1.165, 1.54) is 32.8 Å². The van der Waals surface area contributed by atoms with Crippen molar-refractivity contribution in [3.05, 3.63) is 89.6 Å². The number of aryl methyl sites for hydroxylation is 2. The topological polar surface area (TPSA) is 3.88 Å². The van der Waals surface area contributed by atoms with E-state index in [0.29, 0.717) is 6.04 Å². The molecule has 0 radical (unpaired) electrons. The molecule has 4 rings (SSSR count). The van der Waals surface area contributed by atoms with Crippen molar-refractivity contribution in [1.82, 2.24) is 0 Å². The zero-order valence-electron chi connectivity index (χ0n) is 20.0. The maximum Gasteiger partial charge on any atom is 0.220 e. The van der Waals surface area contributed by atoms with E-state index in [-0.39, 0.29) is 0 Å². The molecule has 0 saturated heterocycles. The lowest BCUT2D eigenvalue weighted by Gasteiger charge is -2.24. The SMILES string of the molecule is [2H]c1c(C)[n+](C)c(-c2cc(CC)ccc2C)c2ccc([Si](C)(C)c3ccccc3)cc12. The number of hydrogen-bond acceptors (Lipinski definition) is 0. The summed E-state index contributed by atoms with van der Waals surface area (Å²) in [5.41, 5.74) is 6.09. The van der Waals surface area contributed by atoms with Crippen molar-refractivity contribution < 1.29 is 5.94 Å². The van der Waals surface area contributed by atoms with Crippen LogP contribution in [0.25, 0.3) is 22.0 Å². The Morgan fingerprint density at radius 1 is 0.900 bits per heavy atom. The van der Waals surface area contributed by atoms with Crippen LogP contribution in [-0.4, -0.2) is 8.07 Å². The van der Waals surface area contributed by atoms with Crippen LogP contribution in [0.3, 0.4) is 0 Å². The third-order valence-electron chi connectivity index (χ3n) is 6.61. The highest BCUT2D eigenvalue weighted by molar-refractivity contribution is 7.00. The number of fused-ring (bicyclic) bond motifs is 1. The summed E-state index contributed by atoms with van der Waals surface area (Å²) in [4.78, 5) is 0. The predicted molar refractivity (Wildman–Crippen MR) is 133 cm³/mol. The van der Waals surface area contributed by atoms with Gasteiger partial charge in [-0.15, -0.1) is 0 Å². The fraction of sp³-hybridized carbons (Fsp3) is 0.250. The second-order valence-electron chi connectivity index (χ2n) is 8.87. The monoisotopic (exact) mass is 411 g/mol. The smallest absolute Gasteiger partial charge is 0.198 e. The molecule has 0 N–H and O–H groups in total. The summed E-state index contributed by atoms with van der Waals surface area (Å²) < 4.78 is 11.1. The van der Waals surface area contributed by atoms with E-state index in [0.717, 1.165) is 22.9 Å². The summed E-state index contributed by atoms with van der Waals surface area (Å²) in [6.45, 7) is 11.3. The zero-order valence-corrected chi connectivity index (χ0v) is 20.0. The van der Waals surface area contributed by atoms with Gasteiger partial charge in [0.1, 0.15) is 15.1 Å². The van der Waals surface area contributed by atoms with E-state index in [4.69, 9.17) is 1.37 Å². The van der Waals surface area contributed by atoms with Gasteiger partial charge in [0.15, 0.2) is 5.69 Å². The molecule has 4 aromatic rings. The molecule has 0 saturated carbocycles. The molecule has 0 amide bonds. The van der Waals surface area contributed by atoms with E-state index < -0.39 is 8.07 Å². The molecule has 1 heterocycles. The molecule has 30 heavy (non-hydrogen) atoms. The summed E-state index contributed by atoms with van der Waals surface area (Å²) in [6, 6.07) is 25.1. The molecular weight excluding hydrogens is 378 g/mol. The second-order valence-corrected chi connectivity index (χ2v) is 13.3. The molecule has 1 nitrogen and oxygen atoms in total. The summed E-state index contributed by atoms with van der Waals surface area (Å²) >= 11 is 0. The first kappa shape index (κ1) is 19.3. The Labute approximate surface area is 183 Å². The molecule has 3 aromatic carbocycles. The Balaban J connectivity index is 2.01. The Bertz CT molecular complexity index is 1280. The predicted octanol–water partition coefficient (Wildman–Crippen LogP) is 5.33. The number of pyridine rings is 1. The van der Waals surface area contributed by atoms with E-state index in [2.05, 4.69) is 112 Å². The minimum Gasteiger partial charge on any atom is -0.198 e. The van der Waals surface area contributed by atoms with Gasteiger partial charge in [-0.3, -0.25) is 0 Å². The van der Waals surface area contributed by atoms with E-state index in [1.54, 1.807) is 0 Å². The maximum absolute atomic E-state index is 8.92.